The molecule has 0 aliphatic carbocycles. The minimum atomic E-state index is -0.697. The van der Waals surface area contributed by atoms with Crippen molar-refractivity contribution >= 4 is 28.3 Å². The van der Waals surface area contributed by atoms with Gasteiger partial charge >= 0.3 is 11.8 Å². The molecular formula is C10H15N3O3S. The SMILES string of the molecule is COCCCNC(=O)C(=O)Nc1nc(C)cs1. The van der Waals surface area contributed by atoms with Crippen LogP contribution in [-0.2, 0) is 14.3 Å². The highest BCUT2D eigenvalue weighted by atomic mass is 32.1. The van der Waals surface area contributed by atoms with Gasteiger partial charge in [0.25, 0.3) is 0 Å². The average Bonchev–Trinajstić information content (AvgIpc) is 2.70. The first-order valence-electron chi connectivity index (χ1n) is 5.13. The van der Waals surface area contributed by atoms with E-state index in [0.29, 0.717) is 24.7 Å². The molecule has 1 heterocycles. The van der Waals surface area contributed by atoms with Gasteiger partial charge in [0.1, 0.15) is 0 Å². The van der Waals surface area contributed by atoms with Crippen LogP contribution in [0.3, 0.4) is 0 Å². The van der Waals surface area contributed by atoms with Crippen molar-refractivity contribution in [3.63, 3.8) is 0 Å². The van der Waals surface area contributed by atoms with Gasteiger partial charge in [-0.15, -0.1) is 11.3 Å². The van der Waals surface area contributed by atoms with Crippen LogP contribution < -0.4 is 10.6 Å². The van der Waals surface area contributed by atoms with Crippen LogP contribution >= 0.6 is 11.3 Å². The number of hydrogen-bond donors (Lipinski definition) is 2. The molecule has 0 saturated heterocycles. The number of hydrogen-bond acceptors (Lipinski definition) is 5. The monoisotopic (exact) mass is 257 g/mol. The lowest BCUT2D eigenvalue weighted by Crippen LogP contribution is -2.36. The van der Waals surface area contributed by atoms with Crippen LogP contribution in [0.25, 0.3) is 0 Å². The van der Waals surface area contributed by atoms with E-state index in [2.05, 4.69) is 15.6 Å². The second kappa shape index (κ2) is 6.97. The molecule has 0 atom stereocenters. The van der Waals surface area contributed by atoms with Gasteiger partial charge in [-0.2, -0.15) is 0 Å². The molecule has 1 aromatic rings. The highest BCUT2D eigenvalue weighted by molar-refractivity contribution is 7.14. The first-order chi connectivity index (χ1) is 8.13. The molecule has 2 N–H and O–H groups in total. The number of methoxy groups -OCH3 is 1. The summed E-state index contributed by atoms with van der Waals surface area (Å²) in [7, 11) is 1.58. The van der Waals surface area contributed by atoms with Crippen molar-refractivity contribution in [3.8, 4) is 0 Å². The highest BCUT2D eigenvalue weighted by Crippen LogP contribution is 2.13. The van der Waals surface area contributed by atoms with E-state index in [-0.39, 0.29) is 0 Å². The van der Waals surface area contributed by atoms with Crippen LogP contribution in [-0.4, -0.2) is 37.1 Å². The fourth-order valence-electron chi connectivity index (χ4n) is 1.06. The Morgan fingerprint density at radius 2 is 2.24 bits per heavy atom. The minimum Gasteiger partial charge on any atom is -0.385 e. The van der Waals surface area contributed by atoms with Crippen molar-refractivity contribution in [2.45, 2.75) is 13.3 Å². The van der Waals surface area contributed by atoms with Crippen molar-refractivity contribution in [2.24, 2.45) is 0 Å². The summed E-state index contributed by atoms with van der Waals surface area (Å²) in [6, 6.07) is 0. The first-order valence-corrected chi connectivity index (χ1v) is 6.01. The van der Waals surface area contributed by atoms with Crippen molar-refractivity contribution in [1.82, 2.24) is 10.3 Å². The molecule has 0 fully saturated rings. The van der Waals surface area contributed by atoms with Crippen LogP contribution in [0, 0.1) is 6.92 Å². The van der Waals surface area contributed by atoms with Crippen molar-refractivity contribution < 1.29 is 14.3 Å². The number of thiazole rings is 1. The van der Waals surface area contributed by atoms with Gasteiger partial charge in [-0.1, -0.05) is 0 Å². The molecular weight excluding hydrogens is 242 g/mol. The second-order valence-corrected chi connectivity index (χ2v) is 4.21. The zero-order valence-electron chi connectivity index (χ0n) is 9.78. The molecule has 0 aromatic carbocycles. The van der Waals surface area contributed by atoms with Crippen molar-refractivity contribution in [3.05, 3.63) is 11.1 Å². The summed E-state index contributed by atoms with van der Waals surface area (Å²) in [6.45, 7) is 2.78. The molecule has 7 heteroatoms. The van der Waals surface area contributed by atoms with Gasteiger partial charge in [0.05, 0.1) is 5.69 Å². The number of nitrogens with one attached hydrogen (secondary N) is 2. The normalized spacial score (nSPS) is 10.0. The van der Waals surface area contributed by atoms with Crippen LogP contribution in [0.4, 0.5) is 5.13 Å². The summed E-state index contributed by atoms with van der Waals surface area (Å²) >= 11 is 1.28. The smallest absolute Gasteiger partial charge is 0.315 e. The number of carbonyl (C=O) groups is 2. The second-order valence-electron chi connectivity index (χ2n) is 3.35. The van der Waals surface area contributed by atoms with Gasteiger partial charge in [0.2, 0.25) is 0 Å². The Balaban J connectivity index is 2.29. The van der Waals surface area contributed by atoms with Crippen LogP contribution in [0.5, 0.6) is 0 Å². The summed E-state index contributed by atoms with van der Waals surface area (Å²) in [6.07, 6.45) is 0.673. The fraction of sp³-hybridized carbons (Fsp3) is 0.500. The van der Waals surface area contributed by atoms with E-state index in [1.807, 2.05) is 6.92 Å². The maximum absolute atomic E-state index is 11.4. The number of anilines is 1. The van der Waals surface area contributed by atoms with Gasteiger partial charge in [-0.25, -0.2) is 4.98 Å². The summed E-state index contributed by atoms with van der Waals surface area (Å²) in [5.74, 6) is -1.36. The number of amides is 2. The third-order valence-corrected chi connectivity index (χ3v) is 2.73. The molecule has 0 unspecified atom stereocenters. The number of ether oxygens (including phenoxy) is 1. The highest BCUT2D eigenvalue weighted by Gasteiger charge is 2.14. The maximum atomic E-state index is 11.4. The number of aryl methyl sites for hydroxylation is 1. The first kappa shape index (κ1) is 13.6. The number of nitrogens with zero attached hydrogens (tertiary/aromatic N) is 1. The third kappa shape index (κ3) is 4.92. The molecule has 94 valence electrons. The Hall–Kier alpha value is -1.47. The van der Waals surface area contributed by atoms with Crippen LogP contribution in [0.1, 0.15) is 12.1 Å². The van der Waals surface area contributed by atoms with E-state index in [1.165, 1.54) is 11.3 Å². The summed E-state index contributed by atoms with van der Waals surface area (Å²) in [4.78, 5) is 26.8. The number of rotatable bonds is 5. The molecule has 0 bridgehead atoms. The topological polar surface area (TPSA) is 80.3 Å². The minimum absolute atomic E-state index is 0.414. The number of carbonyl (C=O) groups excluding carboxylic acids is 2. The average molecular weight is 257 g/mol. The maximum Gasteiger partial charge on any atom is 0.315 e. The lowest BCUT2D eigenvalue weighted by atomic mass is 10.4. The number of aromatic nitrogens is 1. The van der Waals surface area contributed by atoms with Crippen LogP contribution in [0.2, 0.25) is 0 Å². The van der Waals surface area contributed by atoms with Gasteiger partial charge in [0.15, 0.2) is 5.13 Å². The van der Waals surface area contributed by atoms with E-state index in [4.69, 9.17) is 4.74 Å². The third-order valence-electron chi connectivity index (χ3n) is 1.86. The Labute approximate surface area is 103 Å². The van der Waals surface area contributed by atoms with E-state index >= 15 is 0 Å². The van der Waals surface area contributed by atoms with Gasteiger partial charge < -0.3 is 10.1 Å². The zero-order chi connectivity index (χ0) is 12.7. The van der Waals surface area contributed by atoms with Crippen molar-refractivity contribution in [1.29, 1.82) is 0 Å². The Morgan fingerprint density at radius 3 is 2.82 bits per heavy atom. The van der Waals surface area contributed by atoms with E-state index in [1.54, 1.807) is 12.5 Å². The van der Waals surface area contributed by atoms with Gasteiger partial charge in [0, 0.05) is 25.6 Å². The molecule has 0 aliphatic heterocycles. The zero-order valence-corrected chi connectivity index (χ0v) is 10.6. The molecule has 0 spiro atoms. The largest absolute Gasteiger partial charge is 0.385 e. The molecule has 0 radical (unpaired) electrons. The summed E-state index contributed by atoms with van der Waals surface area (Å²) in [5, 5.41) is 7.15. The molecule has 17 heavy (non-hydrogen) atoms. The van der Waals surface area contributed by atoms with E-state index in [9.17, 15) is 9.59 Å². The van der Waals surface area contributed by atoms with Gasteiger partial charge in [-0.3, -0.25) is 14.9 Å². The van der Waals surface area contributed by atoms with E-state index < -0.39 is 11.8 Å². The lowest BCUT2D eigenvalue weighted by molar-refractivity contribution is -0.136. The summed E-state index contributed by atoms with van der Waals surface area (Å²) < 4.78 is 4.82. The van der Waals surface area contributed by atoms with Crippen molar-refractivity contribution in [2.75, 3.05) is 25.6 Å². The standard InChI is InChI=1S/C10H15N3O3S/c1-7-6-17-10(12-7)13-9(15)8(14)11-4-3-5-16-2/h6H,3-5H2,1-2H3,(H,11,14)(H,12,13,15). The molecule has 2 amide bonds. The predicted molar refractivity (Wildman–Crippen MR) is 65.0 cm³/mol. The Morgan fingerprint density at radius 1 is 1.47 bits per heavy atom. The Bertz CT molecular complexity index is 392. The van der Waals surface area contributed by atoms with Gasteiger partial charge in [-0.05, 0) is 13.3 Å². The molecule has 1 aromatic heterocycles. The Kier molecular flexibility index (Phi) is 5.58. The molecule has 1 rings (SSSR count). The quantitative estimate of drug-likeness (QED) is 0.596. The molecule has 6 nitrogen and oxygen atoms in total. The van der Waals surface area contributed by atoms with Crippen LogP contribution in [0.15, 0.2) is 5.38 Å². The fourth-order valence-corrected chi connectivity index (χ4v) is 1.75. The molecule has 0 aliphatic rings. The molecule has 0 saturated carbocycles. The van der Waals surface area contributed by atoms with E-state index in [0.717, 1.165) is 5.69 Å². The predicted octanol–water partition coefficient (Wildman–Crippen LogP) is 0.543. The summed E-state index contributed by atoms with van der Waals surface area (Å²) in [5.41, 5.74) is 0.811. The lowest BCUT2D eigenvalue weighted by Gasteiger charge is -2.03.